The van der Waals surface area contributed by atoms with Gasteiger partial charge in [0.2, 0.25) is 5.91 Å². The van der Waals surface area contributed by atoms with Gasteiger partial charge in [-0.25, -0.2) is 4.39 Å². The molecule has 2 atom stereocenters. The monoisotopic (exact) mass is 494 g/mol. The maximum Gasteiger partial charge on any atom is 0.253 e. The van der Waals surface area contributed by atoms with Crippen molar-refractivity contribution in [3.8, 4) is 6.07 Å². The number of ether oxygens (including phenoxy) is 1. The number of benzene rings is 2. The molecule has 0 spiro atoms. The van der Waals surface area contributed by atoms with Gasteiger partial charge < -0.3 is 15.0 Å². The summed E-state index contributed by atoms with van der Waals surface area (Å²) in [6.45, 7) is 6.47. The van der Waals surface area contributed by atoms with E-state index in [2.05, 4.69) is 5.32 Å². The third-order valence-electron chi connectivity index (χ3n) is 6.24. The Balaban J connectivity index is 1.79. The van der Waals surface area contributed by atoms with Gasteiger partial charge in [0, 0.05) is 38.3 Å². The Hall–Kier alpha value is -3.28. The van der Waals surface area contributed by atoms with E-state index < -0.39 is 12.2 Å². The normalized spacial score (nSPS) is 15.8. The molecule has 1 heterocycles. The SMILES string of the molecule is CC(C)C[C@H](OC(c1ccccc1)c1ccc(C(=O)N2CCN(CCF)CC2)cc1)C(=O)NCC#N. The number of nitrogens with one attached hydrogen (secondary N) is 1. The number of rotatable bonds is 11. The van der Waals surface area contributed by atoms with E-state index in [4.69, 9.17) is 10.00 Å². The zero-order valence-corrected chi connectivity index (χ0v) is 21.0. The molecule has 0 radical (unpaired) electrons. The van der Waals surface area contributed by atoms with Crippen LogP contribution in [0.1, 0.15) is 47.9 Å². The third-order valence-corrected chi connectivity index (χ3v) is 6.24. The second-order valence-corrected chi connectivity index (χ2v) is 9.37. The lowest BCUT2D eigenvalue weighted by atomic mass is 9.98. The fourth-order valence-electron chi connectivity index (χ4n) is 4.31. The zero-order valence-electron chi connectivity index (χ0n) is 21.0. The smallest absolute Gasteiger partial charge is 0.253 e. The van der Waals surface area contributed by atoms with Gasteiger partial charge in [0.1, 0.15) is 25.4 Å². The lowest BCUT2D eigenvalue weighted by Crippen LogP contribution is -2.49. The number of alkyl halides is 1. The molecule has 0 bridgehead atoms. The van der Waals surface area contributed by atoms with Gasteiger partial charge in [0.05, 0.1) is 6.07 Å². The summed E-state index contributed by atoms with van der Waals surface area (Å²) in [5.41, 5.74) is 2.30. The highest BCUT2D eigenvalue weighted by Gasteiger charge is 2.27. The summed E-state index contributed by atoms with van der Waals surface area (Å²) in [6.07, 6.45) is -0.743. The quantitative estimate of drug-likeness (QED) is 0.483. The Bertz CT molecular complexity index is 1020. The Morgan fingerprint density at radius 2 is 1.67 bits per heavy atom. The average molecular weight is 495 g/mol. The molecule has 1 fully saturated rings. The standard InChI is InChI=1S/C28H35FN4O3/c1-21(2)20-25(27(34)31-14-13-30)36-26(22-6-4-3-5-7-22)23-8-10-24(11-9-23)28(35)33-18-16-32(15-12-29)17-19-33/h3-11,21,25-26H,12,14-20H2,1-2H3,(H,31,34)/t25-,26?/m0/s1. The van der Waals surface area contributed by atoms with E-state index in [1.54, 1.807) is 17.0 Å². The Labute approximate surface area is 212 Å². The minimum atomic E-state index is -0.731. The molecule has 1 N–H and O–H groups in total. The summed E-state index contributed by atoms with van der Waals surface area (Å²) in [5.74, 6) is -0.151. The number of hydrogen-bond acceptors (Lipinski definition) is 5. The van der Waals surface area contributed by atoms with Gasteiger partial charge >= 0.3 is 0 Å². The molecule has 1 saturated heterocycles. The maximum atomic E-state index is 13.0. The fraction of sp³-hybridized carbons (Fsp3) is 0.464. The van der Waals surface area contributed by atoms with Crippen LogP contribution in [0.2, 0.25) is 0 Å². The first-order valence-electron chi connectivity index (χ1n) is 12.5. The second-order valence-electron chi connectivity index (χ2n) is 9.37. The topological polar surface area (TPSA) is 85.7 Å². The predicted octanol–water partition coefficient (Wildman–Crippen LogP) is 3.57. The first-order chi connectivity index (χ1) is 17.4. The molecule has 0 saturated carbocycles. The van der Waals surface area contributed by atoms with E-state index in [9.17, 15) is 14.0 Å². The molecule has 0 aromatic heterocycles. The highest BCUT2D eigenvalue weighted by Crippen LogP contribution is 2.29. The van der Waals surface area contributed by atoms with E-state index >= 15 is 0 Å². The van der Waals surface area contributed by atoms with Crippen molar-refractivity contribution in [1.29, 1.82) is 5.26 Å². The largest absolute Gasteiger partial charge is 0.356 e. The minimum absolute atomic E-state index is 0.0489. The summed E-state index contributed by atoms with van der Waals surface area (Å²) < 4.78 is 19.0. The number of carbonyl (C=O) groups excluding carboxylic acids is 2. The fourth-order valence-corrected chi connectivity index (χ4v) is 4.31. The summed E-state index contributed by atoms with van der Waals surface area (Å²) in [4.78, 5) is 29.6. The molecule has 1 aliphatic rings. The van der Waals surface area contributed by atoms with Gasteiger partial charge in [-0.1, -0.05) is 56.3 Å². The van der Waals surface area contributed by atoms with Crippen molar-refractivity contribution >= 4 is 11.8 Å². The summed E-state index contributed by atoms with van der Waals surface area (Å²) in [7, 11) is 0. The molecule has 1 aliphatic heterocycles. The zero-order chi connectivity index (χ0) is 25.9. The van der Waals surface area contributed by atoms with E-state index in [0.29, 0.717) is 44.7 Å². The van der Waals surface area contributed by atoms with Gasteiger partial charge in [0.25, 0.3) is 5.91 Å². The minimum Gasteiger partial charge on any atom is -0.356 e. The van der Waals surface area contributed by atoms with Crippen LogP contribution < -0.4 is 5.32 Å². The van der Waals surface area contributed by atoms with Crippen LogP contribution >= 0.6 is 0 Å². The molecule has 8 heteroatoms. The maximum absolute atomic E-state index is 13.0. The molecule has 0 aliphatic carbocycles. The molecule has 3 rings (SSSR count). The molecule has 2 amide bonds. The predicted molar refractivity (Wildman–Crippen MR) is 136 cm³/mol. The van der Waals surface area contributed by atoms with E-state index in [1.807, 2.05) is 67.3 Å². The first kappa shape index (κ1) is 27.3. The molecular weight excluding hydrogens is 459 g/mol. The van der Waals surface area contributed by atoms with Gasteiger partial charge in [-0.2, -0.15) is 5.26 Å². The van der Waals surface area contributed by atoms with Crippen molar-refractivity contribution in [3.63, 3.8) is 0 Å². The van der Waals surface area contributed by atoms with Gasteiger partial charge in [-0.05, 0) is 35.6 Å². The number of carbonyl (C=O) groups is 2. The van der Waals surface area contributed by atoms with Crippen molar-refractivity contribution < 1.29 is 18.7 Å². The Morgan fingerprint density at radius 3 is 2.25 bits per heavy atom. The Morgan fingerprint density at radius 1 is 1.03 bits per heavy atom. The lowest BCUT2D eigenvalue weighted by Gasteiger charge is -2.34. The summed E-state index contributed by atoms with van der Waals surface area (Å²) in [5, 5.41) is 11.5. The van der Waals surface area contributed by atoms with Crippen LogP contribution in [0.3, 0.4) is 0 Å². The van der Waals surface area contributed by atoms with E-state index in [0.717, 1.165) is 11.1 Å². The number of piperazine rings is 1. The molecule has 7 nitrogen and oxygen atoms in total. The molecule has 192 valence electrons. The third kappa shape index (κ3) is 7.61. The van der Waals surface area contributed by atoms with Gasteiger partial charge in [0.15, 0.2) is 0 Å². The lowest BCUT2D eigenvalue weighted by molar-refractivity contribution is -0.136. The van der Waals surface area contributed by atoms with Crippen LogP contribution in [0.15, 0.2) is 54.6 Å². The first-order valence-corrected chi connectivity index (χ1v) is 12.5. The summed E-state index contributed by atoms with van der Waals surface area (Å²) in [6, 6.07) is 18.9. The van der Waals surface area contributed by atoms with Crippen molar-refractivity contribution in [2.24, 2.45) is 5.92 Å². The number of amides is 2. The summed E-state index contributed by atoms with van der Waals surface area (Å²) >= 11 is 0. The molecular formula is C28H35FN4O3. The van der Waals surface area contributed by atoms with Crippen molar-refractivity contribution in [2.45, 2.75) is 32.5 Å². The van der Waals surface area contributed by atoms with Crippen LogP contribution in [0, 0.1) is 17.2 Å². The van der Waals surface area contributed by atoms with Gasteiger partial charge in [-0.3, -0.25) is 14.5 Å². The molecule has 1 unspecified atom stereocenters. The average Bonchev–Trinajstić information content (AvgIpc) is 2.90. The Kier molecular flexibility index (Phi) is 10.4. The van der Waals surface area contributed by atoms with Crippen molar-refractivity contribution in [3.05, 3.63) is 71.3 Å². The number of hydrogen-bond donors (Lipinski definition) is 1. The molecule has 2 aromatic rings. The molecule has 2 aromatic carbocycles. The van der Waals surface area contributed by atoms with Crippen LogP contribution in [0.4, 0.5) is 4.39 Å². The van der Waals surface area contributed by atoms with Crippen molar-refractivity contribution in [2.75, 3.05) is 45.9 Å². The highest BCUT2D eigenvalue weighted by molar-refractivity contribution is 5.94. The van der Waals surface area contributed by atoms with Crippen LogP contribution in [0.25, 0.3) is 0 Å². The van der Waals surface area contributed by atoms with Crippen LogP contribution in [-0.4, -0.2) is 73.7 Å². The number of nitrogens with zero attached hydrogens (tertiary/aromatic N) is 3. The van der Waals surface area contributed by atoms with Crippen molar-refractivity contribution in [1.82, 2.24) is 15.1 Å². The second kappa shape index (κ2) is 13.7. The van der Waals surface area contributed by atoms with E-state index in [1.165, 1.54) is 0 Å². The van der Waals surface area contributed by atoms with Crippen LogP contribution in [-0.2, 0) is 9.53 Å². The van der Waals surface area contributed by atoms with Gasteiger partial charge in [-0.15, -0.1) is 0 Å². The number of nitriles is 1. The van der Waals surface area contributed by atoms with Crippen LogP contribution in [0.5, 0.6) is 0 Å². The number of halogens is 1. The van der Waals surface area contributed by atoms with E-state index in [-0.39, 0.29) is 31.0 Å². The highest BCUT2D eigenvalue weighted by atomic mass is 19.1. The molecule has 36 heavy (non-hydrogen) atoms.